The second kappa shape index (κ2) is 3.05. The molecule has 5 heteroatoms. The van der Waals surface area contributed by atoms with Crippen LogP contribution in [0, 0.1) is 0 Å². The van der Waals surface area contributed by atoms with E-state index >= 15 is 0 Å². The lowest BCUT2D eigenvalue weighted by atomic mass is 10.4. The zero-order valence-electron chi connectivity index (χ0n) is 6.13. The van der Waals surface area contributed by atoms with Gasteiger partial charge in [-0.15, -0.1) is 0 Å². The van der Waals surface area contributed by atoms with Crippen LogP contribution in [-0.4, -0.2) is 22.7 Å². The van der Waals surface area contributed by atoms with Gasteiger partial charge >= 0.3 is 0 Å². The number of hydrogen-bond acceptors (Lipinski definition) is 3. The second-order valence-corrected chi connectivity index (χ2v) is 1.90. The van der Waals surface area contributed by atoms with Crippen molar-refractivity contribution in [3.63, 3.8) is 0 Å². The molecule has 0 bridgehead atoms. The molecular weight excluding hydrogens is 146 g/mol. The normalized spacial score (nSPS) is 9.55. The first kappa shape index (κ1) is 7.59. The van der Waals surface area contributed by atoms with Gasteiger partial charge in [0.1, 0.15) is 0 Å². The molecule has 0 fully saturated rings. The number of nitrogens with zero attached hydrogens (tertiary/aromatic N) is 1. The molecule has 0 unspecified atom stereocenters. The SMILES string of the molecule is CCOc1c[nH]nc1C(N)=O. The molecule has 1 aromatic rings. The van der Waals surface area contributed by atoms with Crippen LogP contribution in [0.15, 0.2) is 6.20 Å². The molecule has 0 aliphatic heterocycles. The fourth-order valence-electron chi connectivity index (χ4n) is 0.721. The van der Waals surface area contributed by atoms with Crippen molar-refractivity contribution in [1.29, 1.82) is 0 Å². The molecule has 1 heterocycles. The molecule has 0 aliphatic carbocycles. The summed E-state index contributed by atoms with van der Waals surface area (Å²) in [6, 6.07) is 0. The maximum atomic E-state index is 10.6. The molecule has 5 nitrogen and oxygen atoms in total. The van der Waals surface area contributed by atoms with Crippen LogP contribution in [0.5, 0.6) is 5.75 Å². The fraction of sp³-hybridized carbons (Fsp3) is 0.333. The molecular formula is C6H9N3O2. The number of aromatic amines is 1. The van der Waals surface area contributed by atoms with Gasteiger partial charge < -0.3 is 10.5 Å². The molecule has 1 rings (SSSR count). The molecule has 0 saturated carbocycles. The van der Waals surface area contributed by atoms with Gasteiger partial charge in [-0.1, -0.05) is 0 Å². The summed E-state index contributed by atoms with van der Waals surface area (Å²) in [7, 11) is 0. The van der Waals surface area contributed by atoms with E-state index in [1.165, 1.54) is 6.20 Å². The van der Waals surface area contributed by atoms with Crippen LogP contribution < -0.4 is 10.5 Å². The summed E-state index contributed by atoms with van der Waals surface area (Å²) in [6.45, 7) is 2.30. The fourth-order valence-corrected chi connectivity index (χ4v) is 0.721. The highest BCUT2D eigenvalue weighted by atomic mass is 16.5. The van der Waals surface area contributed by atoms with Gasteiger partial charge in [0, 0.05) is 0 Å². The van der Waals surface area contributed by atoms with Gasteiger partial charge in [0.25, 0.3) is 5.91 Å². The van der Waals surface area contributed by atoms with E-state index in [0.717, 1.165) is 0 Å². The van der Waals surface area contributed by atoms with Crippen molar-refractivity contribution in [3.8, 4) is 5.75 Å². The smallest absolute Gasteiger partial charge is 0.273 e. The topological polar surface area (TPSA) is 81.0 Å². The van der Waals surface area contributed by atoms with Crippen molar-refractivity contribution in [1.82, 2.24) is 10.2 Å². The van der Waals surface area contributed by atoms with Gasteiger partial charge in [-0.3, -0.25) is 9.89 Å². The summed E-state index contributed by atoms with van der Waals surface area (Å²) < 4.78 is 5.04. The van der Waals surface area contributed by atoms with Crippen molar-refractivity contribution in [2.75, 3.05) is 6.61 Å². The highest BCUT2D eigenvalue weighted by molar-refractivity contribution is 5.93. The van der Waals surface area contributed by atoms with Gasteiger partial charge in [0.05, 0.1) is 12.8 Å². The first-order valence-corrected chi connectivity index (χ1v) is 3.22. The molecule has 3 N–H and O–H groups in total. The van der Waals surface area contributed by atoms with Crippen molar-refractivity contribution in [2.24, 2.45) is 5.73 Å². The Morgan fingerprint density at radius 3 is 3.18 bits per heavy atom. The standard InChI is InChI=1S/C6H9N3O2/c1-2-11-4-3-8-9-5(4)6(7)10/h3H,2H2,1H3,(H2,7,10)(H,8,9). The van der Waals surface area contributed by atoms with Gasteiger partial charge in [0.15, 0.2) is 11.4 Å². The van der Waals surface area contributed by atoms with Gasteiger partial charge in [-0.2, -0.15) is 5.10 Å². The van der Waals surface area contributed by atoms with E-state index in [0.29, 0.717) is 12.4 Å². The van der Waals surface area contributed by atoms with Crippen LogP contribution in [0.25, 0.3) is 0 Å². The minimum atomic E-state index is -0.588. The lowest BCUT2D eigenvalue weighted by Crippen LogP contribution is -2.13. The Labute approximate surface area is 63.5 Å². The lowest BCUT2D eigenvalue weighted by molar-refractivity contribution is 0.0992. The van der Waals surface area contributed by atoms with Crippen LogP contribution in [-0.2, 0) is 0 Å². The summed E-state index contributed by atoms with van der Waals surface area (Å²) in [6.07, 6.45) is 1.49. The van der Waals surface area contributed by atoms with Crippen LogP contribution in [0.4, 0.5) is 0 Å². The summed E-state index contributed by atoms with van der Waals surface area (Å²) in [5, 5.41) is 6.10. The third-order valence-electron chi connectivity index (χ3n) is 1.14. The van der Waals surface area contributed by atoms with E-state index in [-0.39, 0.29) is 5.69 Å². The van der Waals surface area contributed by atoms with Crippen LogP contribution in [0.3, 0.4) is 0 Å². The average Bonchev–Trinajstić information content (AvgIpc) is 2.36. The van der Waals surface area contributed by atoms with Crippen molar-refractivity contribution < 1.29 is 9.53 Å². The van der Waals surface area contributed by atoms with E-state index in [4.69, 9.17) is 10.5 Å². The Hall–Kier alpha value is -1.52. The molecule has 0 atom stereocenters. The number of amides is 1. The number of carbonyl (C=O) groups is 1. The van der Waals surface area contributed by atoms with Gasteiger partial charge in [-0.25, -0.2) is 0 Å². The Morgan fingerprint density at radius 2 is 2.64 bits per heavy atom. The molecule has 0 aliphatic rings. The highest BCUT2D eigenvalue weighted by Crippen LogP contribution is 2.12. The third-order valence-corrected chi connectivity index (χ3v) is 1.14. The zero-order chi connectivity index (χ0) is 8.27. The number of hydrogen-bond donors (Lipinski definition) is 2. The molecule has 0 aromatic carbocycles. The Bertz CT molecular complexity index is 256. The number of ether oxygens (including phenoxy) is 1. The van der Waals surface area contributed by atoms with E-state index in [1.54, 1.807) is 0 Å². The summed E-state index contributed by atoms with van der Waals surface area (Å²) >= 11 is 0. The minimum Gasteiger partial charge on any atom is -0.490 e. The number of rotatable bonds is 3. The third kappa shape index (κ3) is 1.49. The Kier molecular flexibility index (Phi) is 2.10. The molecule has 1 amide bonds. The molecule has 1 aromatic heterocycles. The Balaban J connectivity index is 2.87. The summed E-state index contributed by atoms with van der Waals surface area (Å²) in [5.74, 6) is -0.185. The minimum absolute atomic E-state index is 0.145. The molecule has 0 spiro atoms. The maximum absolute atomic E-state index is 10.6. The van der Waals surface area contributed by atoms with Crippen molar-refractivity contribution >= 4 is 5.91 Å². The van der Waals surface area contributed by atoms with Crippen LogP contribution in [0.1, 0.15) is 17.4 Å². The zero-order valence-corrected chi connectivity index (χ0v) is 6.13. The first-order chi connectivity index (χ1) is 5.25. The number of nitrogens with one attached hydrogen (secondary N) is 1. The van der Waals surface area contributed by atoms with Crippen molar-refractivity contribution in [2.45, 2.75) is 6.92 Å². The van der Waals surface area contributed by atoms with Gasteiger partial charge in [-0.05, 0) is 6.92 Å². The summed E-state index contributed by atoms with van der Waals surface area (Å²) in [5.41, 5.74) is 5.13. The predicted octanol–water partition coefficient (Wildman–Crippen LogP) is -0.0927. The van der Waals surface area contributed by atoms with Crippen LogP contribution >= 0.6 is 0 Å². The van der Waals surface area contributed by atoms with Crippen molar-refractivity contribution in [3.05, 3.63) is 11.9 Å². The number of aromatic nitrogens is 2. The second-order valence-electron chi connectivity index (χ2n) is 1.90. The number of H-pyrrole nitrogens is 1. The predicted molar refractivity (Wildman–Crippen MR) is 38.3 cm³/mol. The first-order valence-electron chi connectivity index (χ1n) is 3.22. The van der Waals surface area contributed by atoms with Gasteiger partial charge in [0.2, 0.25) is 0 Å². The van der Waals surface area contributed by atoms with E-state index in [2.05, 4.69) is 10.2 Å². The molecule has 60 valence electrons. The number of nitrogens with two attached hydrogens (primary N) is 1. The molecule has 0 saturated heterocycles. The quantitative estimate of drug-likeness (QED) is 0.639. The lowest BCUT2D eigenvalue weighted by Gasteiger charge is -1.98. The molecule has 0 radical (unpaired) electrons. The van der Waals surface area contributed by atoms with E-state index in [1.807, 2.05) is 6.92 Å². The largest absolute Gasteiger partial charge is 0.490 e. The van der Waals surface area contributed by atoms with E-state index in [9.17, 15) is 4.79 Å². The van der Waals surface area contributed by atoms with E-state index < -0.39 is 5.91 Å². The molecule has 11 heavy (non-hydrogen) atoms. The number of primary amides is 1. The Morgan fingerprint density at radius 1 is 1.91 bits per heavy atom. The van der Waals surface area contributed by atoms with Crippen LogP contribution in [0.2, 0.25) is 0 Å². The number of carbonyl (C=O) groups excluding carboxylic acids is 1. The monoisotopic (exact) mass is 155 g/mol. The highest BCUT2D eigenvalue weighted by Gasteiger charge is 2.11. The average molecular weight is 155 g/mol. The summed E-state index contributed by atoms with van der Waals surface area (Å²) in [4.78, 5) is 10.6. The maximum Gasteiger partial charge on any atom is 0.273 e.